The zero-order valence-corrected chi connectivity index (χ0v) is 8.94. The van der Waals surface area contributed by atoms with E-state index in [1.54, 1.807) is 0 Å². The van der Waals surface area contributed by atoms with Crippen LogP contribution in [-0.4, -0.2) is 6.54 Å². The van der Waals surface area contributed by atoms with Gasteiger partial charge in [0.1, 0.15) is 0 Å². The highest BCUT2D eigenvalue weighted by Gasteiger charge is 2.27. The van der Waals surface area contributed by atoms with E-state index in [2.05, 4.69) is 18.4 Å². The Morgan fingerprint density at radius 3 is 3.00 bits per heavy atom. The highest BCUT2D eigenvalue weighted by Crippen LogP contribution is 2.40. The van der Waals surface area contributed by atoms with Gasteiger partial charge in [-0.15, -0.1) is 11.3 Å². The van der Waals surface area contributed by atoms with E-state index in [1.165, 1.54) is 29.7 Å². The van der Waals surface area contributed by atoms with Gasteiger partial charge < -0.3 is 5.73 Å². The zero-order chi connectivity index (χ0) is 9.26. The smallest absolute Gasteiger partial charge is 0.00171 e. The molecule has 0 spiro atoms. The molecule has 2 atom stereocenters. The van der Waals surface area contributed by atoms with Crippen molar-refractivity contribution in [2.45, 2.75) is 32.1 Å². The van der Waals surface area contributed by atoms with Gasteiger partial charge in [0.2, 0.25) is 0 Å². The van der Waals surface area contributed by atoms with Crippen LogP contribution < -0.4 is 5.73 Å². The summed E-state index contributed by atoms with van der Waals surface area (Å²) in [5, 5.41) is 2.31. The van der Waals surface area contributed by atoms with Gasteiger partial charge in [-0.3, -0.25) is 0 Å². The van der Waals surface area contributed by atoms with Crippen LogP contribution in [0.4, 0.5) is 0 Å². The fraction of sp³-hybridized carbons (Fsp3) is 0.636. The first kappa shape index (κ1) is 9.22. The molecule has 1 nitrogen and oxygen atoms in total. The molecule has 0 aliphatic heterocycles. The highest BCUT2D eigenvalue weighted by molar-refractivity contribution is 7.10. The van der Waals surface area contributed by atoms with Crippen molar-refractivity contribution in [3.05, 3.63) is 21.9 Å². The molecule has 2 rings (SSSR count). The van der Waals surface area contributed by atoms with Crippen molar-refractivity contribution in [1.82, 2.24) is 0 Å². The maximum Gasteiger partial charge on any atom is 0.00171 e. The molecular weight excluding hydrogens is 178 g/mol. The van der Waals surface area contributed by atoms with E-state index in [1.807, 2.05) is 11.3 Å². The van der Waals surface area contributed by atoms with Gasteiger partial charge in [-0.2, -0.15) is 0 Å². The lowest BCUT2D eigenvalue weighted by Gasteiger charge is -2.16. The van der Waals surface area contributed by atoms with E-state index in [4.69, 9.17) is 5.73 Å². The number of hydrogen-bond acceptors (Lipinski definition) is 2. The number of hydrogen-bond donors (Lipinski definition) is 1. The number of rotatable bonds is 2. The number of aryl methyl sites for hydroxylation is 1. The quantitative estimate of drug-likeness (QED) is 0.771. The van der Waals surface area contributed by atoms with Gasteiger partial charge >= 0.3 is 0 Å². The molecule has 0 radical (unpaired) electrons. The van der Waals surface area contributed by atoms with Crippen molar-refractivity contribution in [2.24, 2.45) is 11.7 Å². The summed E-state index contributed by atoms with van der Waals surface area (Å²) in [6, 6.07) is 2.34. The van der Waals surface area contributed by atoms with Gasteiger partial charge in [-0.25, -0.2) is 0 Å². The van der Waals surface area contributed by atoms with Gasteiger partial charge in [0, 0.05) is 4.88 Å². The third-order valence-electron chi connectivity index (χ3n) is 3.14. The second-order valence-electron chi connectivity index (χ2n) is 4.02. The van der Waals surface area contributed by atoms with Crippen LogP contribution in [0.15, 0.2) is 11.4 Å². The van der Waals surface area contributed by atoms with Crippen LogP contribution in [0.5, 0.6) is 0 Å². The van der Waals surface area contributed by atoms with Crippen molar-refractivity contribution in [2.75, 3.05) is 6.54 Å². The first-order chi connectivity index (χ1) is 6.31. The van der Waals surface area contributed by atoms with Gasteiger partial charge in [-0.1, -0.05) is 6.42 Å². The van der Waals surface area contributed by atoms with Gasteiger partial charge in [0.25, 0.3) is 0 Å². The summed E-state index contributed by atoms with van der Waals surface area (Å²) in [5.41, 5.74) is 7.31. The highest BCUT2D eigenvalue weighted by atomic mass is 32.1. The normalized spacial score (nSPS) is 28.2. The minimum absolute atomic E-state index is 0.744. The molecule has 1 aliphatic rings. The largest absolute Gasteiger partial charge is 0.330 e. The van der Waals surface area contributed by atoms with Crippen molar-refractivity contribution in [3.63, 3.8) is 0 Å². The Labute approximate surface area is 84.0 Å². The van der Waals surface area contributed by atoms with Gasteiger partial charge in [0.15, 0.2) is 0 Å². The molecule has 0 aromatic carbocycles. The molecule has 0 amide bonds. The van der Waals surface area contributed by atoms with E-state index in [0.717, 1.165) is 18.4 Å². The molecule has 1 aliphatic carbocycles. The molecule has 0 bridgehead atoms. The third-order valence-corrected chi connectivity index (χ3v) is 4.02. The Balaban J connectivity index is 2.15. The lowest BCUT2D eigenvalue weighted by Crippen LogP contribution is -2.16. The Kier molecular flexibility index (Phi) is 2.70. The third kappa shape index (κ3) is 1.79. The predicted molar refractivity (Wildman–Crippen MR) is 58.2 cm³/mol. The lowest BCUT2D eigenvalue weighted by molar-refractivity contribution is 0.497. The summed E-state index contributed by atoms with van der Waals surface area (Å²) in [5.74, 6) is 1.50. The number of thiophene rings is 1. The van der Waals surface area contributed by atoms with Crippen LogP contribution >= 0.6 is 11.3 Å². The molecule has 1 aromatic rings. The summed E-state index contributed by atoms with van der Waals surface area (Å²) in [4.78, 5) is 1.43. The van der Waals surface area contributed by atoms with E-state index in [9.17, 15) is 0 Å². The maximum absolute atomic E-state index is 5.77. The Bertz CT molecular complexity index is 279. The minimum atomic E-state index is 0.744. The van der Waals surface area contributed by atoms with E-state index in [-0.39, 0.29) is 0 Å². The second-order valence-corrected chi connectivity index (χ2v) is 5.14. The minimum Gasteiger partial charge on any atom is -0.330 e. The van der Waals surface area contributed by atoms with Crippen molar-refractivity contribution in [1.29, 1.82) is 0 Å². The second kappa shape index (κ2) is 3.81. The predicted octanol–water partition coefficient (Wildman–Crippen LogP) is 2.90. The Hall–Kier alpha value is -0.340. The van der Waals surface area contributed by atoms with Gasteiger partial charge in [-0.05, 0) is 55.2 Å². The first-order valence-electron chi connectivity index (χ1n) is 5.06. The molecule has 2 unspecified atom stereocenters. The molecule has 1 heterocycles. The molecule has 2 N–H and O–H groups in total. The summed E-state index contributed by atoms with van der Waals surface area (Å²) < 4.78 is 0. The van der Waals surface area contributed by atoms with Crippen LogP contribution in [0.2, 0.25) is 0 Å². The van der Waals surface area contributed by atoms with Crippen molar-refractivity contribution >= 4 is 11.3 Å². The SMILES string of the molecule is Cc1cc(C2CCCC2CN)cs1. The molecule has 13 heavy (non-hydrogen) atoms. The van der Waals surface area contributed by atoms with Crippen LogP contribution in [0.25, 0.3) is 0 Å². The fourth-order valence-corrected chi connectivity index (χ4v) is 3.18. The molecule has 72 valence electrons. The van der Waals surface area contributed by atoms with E-state index >= 15 is 0 Å². The average Bonchev–Trinajstić information content (AvgIpc) is 2.71. The van der Waals surface area contributed by atoms with Crippen LogP contribution in [0.1, 0.15) is 35.6 Å². The van der Waals surface area contributed by atoms with Crippen LogP contribution in [0.3, 0.4) is 0 Å². The maximum atomic E-state index is 5.77. The van der Waals surface area contributed by atoms with E-state index in [0.29, 0.717) is 0 Å². The van der Waals surface area contributed by atoms with E-state index < -0.39 is 0 Å². The molecule has 1 aromatic heterocycles. The fourth-order valence-electron chi connectivity index (χ4n) is 2.42. The standard InChI is InChI=1S/C11H17NS/c1-8-5-10(7-13-8)11-4-2-3-9(11)6-12/h5,7,9,11H,2-4,6,12H2,1H3. The molecule has 1 fully saturated rings. The van der Waals surface area contributed by atoms with Crippen LogP contribution in [-0.2, 0) is 0 Å². The van der Waals surface area contributed by atoms with Crippen molar-refractivity contribution in [3.8, 4) is 0 Å². The topological polar surface area (TPSA) is 26.0 Å². The lowest BCUT2D eigenvalue weighted by atomic mass is 9.91. The Morgan fingerprint density at radius 2 is 2.38 bits per heavy atom. The van der Waals surface area contributed by atoms with Crippen molar-refractivity contribution < 1.29 is 0 Å². The molecule has 2 heteroatoms. The summed E-state index contributed by atoms with van der Waals surface area (Å²) in [6.07, 6.45) is 4.04. The van der Waals surface area contributed by atoms with Gasteiger partial charge in [0.05, 0.1) is 0 Å². The summed E-state index contributed by atoms with van der Waals surface area (Å²) >= 11 is 1.86. The number of nitrogens with two attached hydrogens (primary N) is 1. The zero-order valence-electron chi connectivity index (χ0n) is 8.12. The first-order valence-corrected chi connectivity index (χ1v) is 5.94. The average molecular weight is 195 g/mol. The molecular formula is C11H17NS. The Morgan fingerprint density at radius 1 is 1.54 bits per heavy atom. The monoisotopic (exact) mass is 195 g/mol. The van der Waals surface area contributed by atoms with Crippen LogP contribution in [0, 0.1) is 12.8 Å². The summed E-state index contributed by atoms with van der Waals surface area (Å²) in [7, 11) is 0. The molecule has 1 saturated carbocycles. The summed E-state index contributed by atoms with van der Waals surface area (Å²) in [6.45, 7) is 3.04. The molecule has 0 saturated heterocycles.